The van der Waals surface area contributed by atoms with E-state index in [-0.39, 0.29) is 0 Å². The van der Waals surface area contributed by atoms with Crippen LogP contribution in [0, 0.1) is 0 Å². The van der Waals surface area contributed by atoms with E-state index < -0.39 is 5.41 Å². The summed E-state index contributed by atoms with van der Waals surface area (Å²) in [5.74, 6) is 0.691. The third kappa shape index (κ3) is 4.54. The number of aromatic nitrogens is 3. The van der Waals surface area contributed by atoms with Crippen molar-refractivity contribution in [2.24, 2.45) is 0 Å². The molecule has 11 aromatic rings. The predicted octanol–water partition coefficient (Wildman–Crippen LogP) is 14.1. The van der Waals surface area contributed by atoms with E-state index in [0.29, 0.717) is 5.82 Å². The molecule has 0 saturated heterocycles. The summed E-state index contributed by atoms with van der Waals surface area (Å²) in [6.45, 7) is 0. The molecule has 13 rings (SSSR count). The lowest BCUT2D eigenvalue weighted by Gasteiger charge is -2.31. The maximum Gasteiger partial charge on any atom is 0.160 e. The molecule has 2 aliphatic rings. The van der Waals surface area contributed by atoms with Crippen molar-refractivity contribution < 1.29 is 0 Å². The molecule has 2 aliphatic carbocycles. The second-order valence-corrected chi connectivity index (χ2v) is 16.1. The van der Waals surface area contributed by atoms with Crippen molar-refractivity contribution in [1.82, 2.24) is 14.5 Å². The Hall–Kier alpha value is -7.88. The Balaban J connectivity index is 1.02. The van der Waals surface area contributed by atoms with Gasteiger partial charge >= 0.3 is 0 Å². The molecule has 3 heteroatoms. The van der Waals surface area contributed by atoms with Gasteiger partial charge in [-0.1, -0.05) is 176 Å². The van der Waals surface area contributed by atoms with Gasteiger partial charge in [0.2, 0.25) is 0 Å². The summed E-state index contributed by atoms with van der Waals surface area (Å²) in [6.07, 6.45) is 0. The Morgan fingerprint density at radius 3 is 1.68 bits per heavy atom. The van der Waals surface area contributed by atoms with Crippen LogP contribution in [-0.4, -0.2) is 14.5 Å². The second kappa shape index (κ2) is 12.6. The first-order valence-electron chi connectivity index (χ1n) is 20.7. The largest absolute Gasteiger partial charge is 0.309 e. The van der Waals surface area contributed by atoms with Crippen LogP contribution >= 0.6 is 0 Å². The van der Waals surface area contributed by atoms with E-state index >= 15 is 0 Å². The Morgan fingerprint density at radius 2 is 0.933 bits per heavy atom. The highest BCUT2D eigenvalue weighted by molar-refractivity contribution is 6.09. The molecule has 2 heterocycles. The monoisotopic (exact) mass is 761 g/mol. The van der Waals surface area contributed by atoms with Gasteiger partial charge in [-0.05, 0) is 91.7 Å². The molecule has 2 aromatic heterocycles. The van der Waals surface area contributed by atoms with Gasteiger partial charge < -0.3 is 4.57 Å². The van der Waals surface area contributed by atoms with Crippen LogP contribution in [0.2, 0.25) is 0 Å². The molecule has 0 aliphatic heterocycles. The average molecular weight is 762 g/mol. The van der Waals surface area contributed by atoms with Gasteiger partial charge in [0, 0.05) is 33.2 Å². The van der Waals surface area contributed by atoms with Gasteiger partial charge in [-0.15, -0.1) is 0 Å². The normalized spacial score (nSPS) is 14.7. The Bertz CT molecular complexity index is 3510. The van der Waals surface area contributed by atoms with Gasteiger partial charge in [-0.2, -0.15) is 0 Å². The highest BCUT2D eigenvalue weighted by atomic mass is 15.0. The summed E-state index contributed by atoms with van der Waals surface area (Å²) in [4.78, 5) is 10.7. The molecule has 1 unspecified atom stereocenters. The summed E-state index contributed by atoms with van der Waals surface area (Å²) in [7, 11) is 0. The van der Waals surface area contributed by atoms with Crippen LogP contribution < -0.4 is 0 Å². The highest BCUT2D eigenvalue weighted by Crippen LogP contribution is 2.64. The van der Waals surface area contributed by atoms with Crippen molar-refractivity contribution in [1.29, 1.82) is 0 Å². The lowest BCUT2D eigenvalue weighted by molar-refractivity contribution is 0.801. The molecule has 0 bridgehead atoms. The van der Waals surface area contributed by atoms with Gasteiger partial charge in [0.25, 0.3) is 0 Å². The number of hydrogen-bond donors (Lipinski definition) is 0. The Morgan fingerprint density at radius 1 is 0.350 bits per heavy atom. The van der Waals surface area contributed by atoms with Crippen molar-refractivity contribution >= 4 is 32.6 Å². The molecule has 3 nitrogen and oxygen atoms in total. The molecule has 0 saturated carbocycles. The van der Waals surface area contributed by atoms with Crippen LogP contribution in [0.4, 0.5) is 0 Å². The Labute approximate surface area is 347 Å². The number of para-hydroxylation sites is 2. The van der Waals surface area contributed by atoms with Crippen LogP contribution in [0.25, 0.3) is 94.4 Å². The van der Waals surface area contributed by atoms with Gasteiger partial charge in [0.15, 0.2) is 5.82 Å². The number of benzene rings is 9. The number of fused-ring (bicyclic) bond motifs is 15. The molecule has 0 radical (unpaired) electrons. The SMILES string of the molecule is c1ccc(-c2cc(-c3ccc4c(c3)-c3ccccc3C43c4ccccc4-c4ccc5ccccc5c43)nc(-c3cccc(-n4c5ccccc5c5ccccc54)c3)n2)cc1. The van der Waals surface area contributed by atoms with Gasteiger partial charge in [0.1, 0.15) is 0 Å². The van der Waals surface area contributed by atoms with E-state index in [4.69, 9.17) is 9.97 Å². The summed E-state index contributed by atoms with van der Waals surface area (Å²) in [5, 5.41) is 5.03. The summed E-state index contributed by atoms with van der Waals surface area (Å²) in [5.41, 5.74) is 18.3. The maximum atomic E-state index is 5.41. The van der Waals surface area contributed by atoms with E-state index in [1.807, 2.05) is 0 Å². The summed E-state index contributed by atoms with van der Waals surface area (Å²) >= 11 is 0. The lowest BCUT2D eigenvalue weighted by Crippen LogP contribution is -2.26. The topological polar surface area (TPSA) is 30.7 Å². The van der Waals surface area contributed by atoms with Crippen molar-refractivity contribution in [3.05, 3.63) is 235 Å². The van der Waals surface area contributed by atoms with Gasteiger partial charge in [0.05, 0.1) is 27.8 Å². The molecule has 0 amide bonds. The first-order valence-corrected chi connectivity index (χ1v) is 20.7. The zero-order valence-corrected chi connectivity index (χ0v) is 32.5. The molecule has 0 fully saturated rings. The van der Waals surface area contributed by atoms with Crippen molar-refractivity contribution in [2.75, 3.05) is 0 Å². The molecule has 0 N–H and O–H groups in total. The summed E-state index contributed by atoms with van der Waals surface area (Å²) < 4.78 is 2.35. The van der Waals surface area contributed by atoms with E-state index in [9.17, 15) is 0 Å². The van der Waals surface area contributed by atoms with E-state index in [1.54, 1.807) is 0 Å². The zero-order chi connectivity index (χ0) is 39.4. The van der Waals surface area contributed by atoms with Crippen LogP contribution in [0.1, 0.15) is 22.3 Å². The molecular formula is C57H35N3. The van der Waals surface area contributed by atoms with Crippen LogP contribution in [-0.2, 0) is 5.41 Å². The molecule has 1 spiro atoms. The van der Waals surface area contributed by atoms with E-state index in [0.717, 1.165) is 33.8 Å². The third-order valence-electron chi connectivity index (χ3n) is 13.0. The molecule has 1 atom stereocenters. The second-order valence-electron chi connectivity index (χ2n) is 16.1. The third-order valence-corrected chi connectivity index (χ3v) is 13.0. The quantitative estimate of drug-likeness (QED) is 0.179. The fraction of sp³-hybridized carbons (Fsp3) is 0.0175. The fourth-order valence-electron chi connectivity index (χ4n) is 10.5. The van der Waals surface area contributed by atoms with E-state index in [1.165, 1.54) is 77.1 Å². The van der Waals surface area contributed by atoms with E-state index in [2.05, 4.69) is 217 Å². The minimum Gasteiger partial charge on any atom is -0.309 e. The molecule has 278 valence electrons. The summed E-state index contributed by atoms with van der Waals surface area (Å²) in [6, 6.07) is 77.2. The minimum absolute atomic E-state index is 0.448. The highest BCUT2D eigenvalue weighted by Gasteiger charge is 2.52. The van der Waals surface area contributed by atoms with Crippen molar-refractivity contribution in [2.45, 2.75) is 5.41 Å². The zero-order valence-electron chi connectivity index (χ0n) is 32.5. The van der Waals surface area contributed by atoms with Gasteiger partial charge in [-0.3, -0.25) is 0 Å². The lowest BCUT2D eigenvalue weighted by atomic mass is 9.69. The average Bonchev–Trinajstić information content (AvgIpc) is 3.93. The number of rotatable bonds is 4. The minimum atomic E-state index is -0.448. The van der Waals surface area contributed by atoms with Crippen molar-refractivity contribution in [3.8, 4) is 61.8 Å². The first-order chi connectivity index (χ1) is 29.8. The first kappa shape index (κ1) is 33.1. The van der Waals surface area contributed by atoms with Crippen LogP contribution in [0.3, 0.4) is 0 Å². The predicted molar refractivity (Wildman–Crippen MR) is 246 cm³/mol. The van der Waals surface area contributed by atoms with Crippen molar-refractivity contribution in [3.63, 3.8) is 0 Å². The van der Waals surface area contributed by atoms with Gasteiger partial charge in [-0.25, -0.2) is 9.97 Å². The standard InChI is InChI=1S/C57H35N3/c1-2-16-37(17-3-1)51-35-52(59-56(58-51)39-18-14-19-40(33-39)60-53-27-12-8-23-44(53)45-24-9-13-28-54(45)60)38-30-32-50-47(34-38)43-22-7-11-26-49(43)57(50)48-25-10-6-21-42(48)46-31-29-36-15-4-5-20-41(36)55(46)57/h1-35H. The number of nitrogens with zero attached hydrogens (tertiary/aromatic N) is 3. The number of hydrogen-bond acceptors (Lipinski definition) is 2. The smallest absolute Gasteiger partial charge is 0.160 e. The molecule has 9 aromatic carbocycles. The molecule has 60 heavy (non-hydrogen) atoms. The fourth-order valence-corrected chi connectivity index (χ4v) is 10.5. The Kier molecular flexibility index (Phi) is 6.93. The molecular weight excluding hydrogens is 727 g/mol. The maximum absolute atomic E-state index is 5.41. The van der Waals surface area contributed by atoms with Crippen LogP contribution in [0.15, 0.2) is 212 Å². The van der Waals surface area contributed by atoms with Crippen LogP contribution in [0.5, 0.6) is 0 Å².